The summed E-state index contributed by atoms with van der Waals surface area (Å²) >= 11 is 0. The molecule has 132 valence electrons. The first kappa shape index (κ1) is 18.1. The standard InChI is InChI=1S/C16H24N4O4/c1-15(2)8-11(9-16(3,4)18-15)17-13(21)10-19-7-5-6-12(14(19)22)20(23)24/h5-7,11,18H,8-10H2,1-4H3,(H,17,21). The smallest absolute Gasteiger partial charge is 0.334 e. The number of amides is 1. The predicted octanol–water partition coefficient (Wildman–Crippen LogP) is 1.18. The number of rotatable bonds is 4. The van der Waals surface area contributed by atoms with Crippen molar-refractivity contribution in [2.24, 2.45) is 0 Å². The van der Waals surface area contributed by atoms with Gasteiger partial charge in [0, 0.05) is 29.4 Å². The van der Waals surface area contributed by atoms with Crippen LogP contribution in [0.2, 0.25) is 0 Å². The van der Waals surface area contributed by atoms with Crippen molar-refractivity contribution in [1.29, 1.82) is 0 Å². The number of hydrogen-bond acceptors (Lipinski definition) is 5. The van der Waals surface area contributed by atoms with Crippen LogP contribution in [-0.4, -0.2) is 32.5 Å². The van der Waals surface area contributed by atoms with Crippen LogP contribution in [0.1, 0.15) is 40.5 Å². The molecule has 0 spiro atoms. The molecule has 8 heteroatoms. The van der Waals surface area contributed by atoms with E-state index in [2.05, 4.69) is 38.3 Å². The van der Waals surface area contributed by atoms with Crippen molar-refractivity contribution in [3.05, 3.63) is 38.8 Å². The molecule has 1 fully saturated rings. The number of piperidine rings is 1. The molecule has 1 aliphatic heterocycles. The maximum absolute atomic E-state index is 12.3. The van der Waals surface area contributed by atoms with Crippen LogP contribution in [0.5, 0.6) is 0 Å². The van der Waals surface area contributed by atoms with Crippen molar-refractivity contribution in [3.63, 3.8) is 0 Å². The van der Waals surface area contributed by atoms with E-state index < -0.39 is 16.2 Å². The minimum atomic E-state index is -0.774. The molecule has 0 bridgehead atoms. The molecule has 0 aliphatic carbocycles. The van der Waals surface area contributed by atoms with E-state index in [0.29, 0.717) is 0 Å². The third-order valence-corrected chi connectivity index (χ3v) is 4.07. The quantitative estimate of drug-likeness (QED) is 0.634. The maximum atomic E-state index is 12.3. The van der Waals surface area contributed by atoms with E-state index in [1.165, 1.54) is 12.3 Å². The normalized spacial score (nSPS) is 19.7. The summed E-state index contributed by atoms with van der Waals surface area (Å²) in [5.74, 6) is -0.323. The van der Waals surface area contributed by atoms with Crippen molar-refractivity contribution in [1.82, 2.24) is 15.2 Å². The highest BCUT2D eigenvalue weighted by atomic mass is 16.6. The Labute approximate surface area is 140 Å². The lowest BCUT2D eigenvalue weighted by Gasteiger charge is -2.46. The molecule has 2 heterocycles. The van der Waals surface area contributed by atoms with Gasteiger partial charge < -0.3 is 15.2 Å². The zero-order valence-corrected chi connectivity index (χ0v) is 14.5. The summed E-state index contributed by atoms with van der Waals surface area (Å²) in [6.07, 6.45) is 2.92. The number of carbonyl (C=O) groups is 1. The molecule has 0 unspecified atom stereocenters. The van der Waals surface area contributed by atoms with Crippen molar-refractivity contribution in [3.8, 4) is 0 Å². The molecule has 2 rings (SSSR count). The summed E-state index contributed by atoms with van der Waals surface area (Å²) in [4.78, 5) is 34.3. The zero-order valence-electron chi connectivity index (χ0n) is 14.5. The average molecular weight is 336 g/mol. The van der Waals surface area contributed by atoms with Gasteiger partial charge in [-0.05, 0) is 46.6 Å². The summed E-state index contributed by atoms with van der Waals surface area (Å²) in [6.45, 7) is 8.10. The van der Waals surface area contributed by atoms with Crippen LogP contribution in [0.3, 0.4) is 0 Å². The van der Waals surface area contributed by atoms with Gasteiger partial charge in [-0.1, -0.05) is 0 Å². The van der Waals surface area contributed by atoms with Crippen LogP contribution in [0.15, 0.2) is 23.1 Å². The Morgan fingerprint density at radius 3 is 2.50 bits per heavy atom. The zero-order chi connectivity index (χ0) is 18.1. The summed E-state index contributed by atoms with van der Waals surface area (Å²) in [5, 5.41) is 17.3. The molecular weight excluding hydrogens is 312 g/mol. The van der Waals surface area contributed by atoms with Crippen molar-refractivity contribution in [2.45, 2.75) is 64.2 Å². The van der Waals surface area contributed by atoms with Gasteiger partial charge in [0.2, 0.25) is 5.91 Å². The first-order valence-electron chi connectivity index (χ1n) is 7.92. The van der Waals surface area contributed by atoms with Crippen LogP contribution in [0.25, 0.3) is 0 Å². The molecule has 8 nitrogen and oxygen atoms in total. The third-order valence-electron chi connectivity index (χ3n) is 4.07. The lowest BCUT2D eigenvalue weighted by Crippen LogP contribution is -2.62. The molecule has 0 radical (unpaired) electrons. The Hall–Kier alpha value is -2.22. The SMILES string of the molecule is CC1(C)CC(NC(=O)Cn2cccc([N+](=O)[O-])c2=O)CC(C)(C)N1. The van der Waals surface area contributed by atoms with Gasteiger partial charge in [-0.15, -0.1) is 0 Å². The number of nitrogens with zero attached hydrogens (tertiary/aromatic N) is 2. The molecule has 1 aliphatic rings. The minimum Gasteiger partial charge on any atom is -0.352 e. The van der Waals surface area contributed by atoms with E-state index >= 15 is 0 Å². The second-order valence-electron chi connectivity index (χ2n) is 7.65. The highest BCUT2D eigenvalue weighted by Crippen LogP contribution is 2.28. The summed E-state index contributed by atoms with van der Waals surface area (Å²) < 4.78 is 1.06. The third kappa shape index (κ3) is 4.41. The molecule has 0 saturated carbocycles. The fraction of sp³-hybridized carbons (Fsp3) is 0.625. The molecule has 1 aromatic heterocycles. The van der Waals surface area contributed by atoms with Gasteiger partial charge in [0.15, 0.2) is 0 Å². The lowest BCUT2D eigenvalue weighted by molar-refractivity contribution is -0.386. The van der Waals surface area contributed by atoms with E-state index in [-0.39, 0.29) is 29.6 Å². The maximum Gasteiger partial charge on any atom is 0.334 e. The van der Waals surface area contributed by atoms with Crippen LogP contribution in [0, 0.1) is 10.1 Å². The Bertz CT molecular complexity index is 692. The Balaban J connectivity index is 2.08. The fourth-order valence-corrected chi connectivity index (χ4v) is 3.64. The number of aromatic nitrogens is 1. The predicted molar refractivity (Wildman–Crippen MR) is 89.8 cm³/mol. The monoisotopic (exact) mass is 336 g/mol. The molecular formula is C16H24N4O4. The van der Waals surface area contributed by atoms with Crippen LogP contribution in [-0.2, 0) is 11.3 Å². The second kappa shape index (κ2) is 6.35. The molecule has 2 N–H and O–H groups in total. The van der Waals surface area contributed by atoms with Crippen molar-refractivity contribution in [2.75, 3.05) is 0 Å². The fourth-order valence-electron chi connectivity index (χ4n) is 3.64. The summed E-state index contributed by atoms with van der Waals surface area (Å²) in [7, 11) is 0. The van der Waals surface area contributed by atoms with E-state index in [4.69, 9.17) is 0 Å². The number of carbonyl (C=O) groups excluding carboxylic acids is 1. The molecule has 1 amide bonds. The number of hydrogen-bond donors (Lipinski definition) is 2. The van der Waals surface area contributed by atoms with Gasteiger partial charge in [-0.2, -0.15) is 0 Å². The van der Waals surface area contributed by atoms with Crippen molar-refractivity contribution < 1.29 is 9.72 Å². The van der Waals surface area contributed by atoms with Crippen LogP contribution in [0.4, 0.5) is 5.69 Å². The highest BCUT2D eigenvalue weighted by molar-refractivity contribution is 5.76. The first-order valence-corrected chi connectivity index (χ1v) is 7.92. The first-order chi connectivity index (χ1) is 11.0. The van der Waals surface area contributed by atoms with E-state index in [9.17, 15) is 19.7 Å². The van der Waals surface area contributed by atoms with Crippen molar-refractivity contribution >= 4 is 11.6 Å². The second-order valence-corrected chi connectivity index (χ2v) is 7.65. The Morgan fingerprint density at radius 2 is 1.96 bits per heavy atom. The number of pyridine rings is 1. The highest BCUT2D eigenvalue weighted by Gasteiger charge is 2.38. The topological polar surface area (TPSA) is 106 Å². The van der Waals surface area contributed by atoms with Gasteiger partial charge in [-0.3, -0.25) is 19.7 Å². The summed E-state index contributed by atoms with van der Waals surface area (Å²) in [5.41, 5.74) is -1.53. The Morgan fingerprint density at radius 1 is 1.38 bits per heavy atom. The largest absolute Gasteiger partial charge is 0.352 e. The molecule has 0 aromatic carbocycles. The van der Waals surface area contributed by atoms with Gasteiger partial charge in [0.1, 0.15) is 6.54 Å². The minimum absolute atomic E-state index is 0.0156. The Kier molecular flexibility index (Phi) is 4.80. The molecule has 1 saturated heterocycles. The number of nitrogens with one attached hydrogen (secondary N) is 2. The van der Waals surface area contributed by atoms with Crippen LogP contribution < -0.4 is 16.2 Å². The molecule has 0 atom stereocenters. The van der Waals surface area contributed by atoms with Gasteiger partial charge in [0.25, 0.3) is 0 Å². The lowest BCUT2D eigenvalue weighted by atomic mass is 9.79. The number of nitro groups is 1. The van der Waals surface area contributed by atoms with Crippen LogP contribution >= 0.6 is 0 Å². The average Bonchev–Trinajstić information content (AvgIpc) is 2.36. The van der Waals surface area contributed by atoms with E-state index in [0.717, 1.165) is 23.5 Å². The van der Waals surface area contributed by atoms with E-state index in [1.54, 1.807) is 0 Å². The van der Waals surface area contributed by atoms with Gasteiger partial charge >= 0.3 is 11.2 Å². The molecule has 24 heavy (non-hydrogen) atoms. The van der Waals surface area contributed by atoms with E-state index in [1.807, 2.05) is 0 Å². The molecule has 1 aromatic rings. The van der Waals surface area contributed by atoms with Gasteiger partial charge in [0.05, 0.1) is 4.92 Å². The van der Waals surface area contributed by atoms with Gasteiger partial charge in [-0.25, -0.2) is 0 Å². The summed E-state index contributed by atoms with van der Waals surface area (Å²) in [6, 6.07) is 2.51.